The highest BCUT2D eigenvalue weighted by Crippen LogP contribution is 2.21. The number of hydrogen-bond donors (Lipinski definition) is 1. The Hall–Kier alpha value is -2.34. The van der Waals surface area contributed by atoms with Crippen LogP contribution in [-0.2, 0) is 16.1 Å². The van der Waals surface area contributed by atoms with Gasteiger partial charge in [-0.3, -0.25) is 9.59 Å². The summed E-state index contributed by atoms with van der Waals surface area (Å²) in [6.07, 6.45) is 0. The summed E-state index contributed by atoms with van der Waals surface area (Å²) >= 11 is 1.41. The molecule has 0 aromatic heterocycles. The molecule has 150 valence electrons. The number of aryl methyl sites for hydroxylation is 1. The molecule has 0 saturated heterocycles. The van der Waals surface area contributed by atoms with Crippen molar-refractivity contribution in [3.63, 3.8) is 0 Å². The largest absolute Gasteiger partial charge is 0.352 e. The molecule has 2 aromatic rings. The van der Waals surface area contributed by atoms with Crippen LogP contribution in [0.2, 0.25) is 0 Å². The summed E-state index contributed by atoms with van der Waals surface area (Å²) < 4.78 is 14.1. The zero-order valence-electron chi connectivity index (χ0n) is 16.7. The van der Waals surface area contributed by atoms with Crippen LogP contribution >= 0.6 is 11.8 Å². The minimum Gasteiger partial charge on any atom is -0.352 e. The fourth-order valence-corrected chi connectivity index (χ4v) is 3.44. The van der Waals surface area contributed by atoms with E-state index in [2.05, 4.69) is 5.32 Å². The number of carbonyl (C=O) groups is 2. The maximum absolute atomic E-state index is 14.1. The minimum atomic E-state index is -0.701. The normalized spacial score (nSPS) is 11.9. The fourth-order valence-electron chi connectivity index (χ4n) is 2.66. The van der Waals surface area contributed by atoms with Crippen molar-refractivity contribution in [3.8, 4) is 0 Å². The Bertz CT molecular complexity index is 808. The van der Waals surface area contributed by atoms with Crippen LogP contribution in [0.4, 0.5) is 4.39 Å². The van der Waals surface area contributed by atoms with Gasteiger partial charge < -0.3 is 10.2 Å². The lowest BCUT2D eigenvalue weighted by atomic mass is 10.1. The average Bonchev–Trinajstić information content (AvgIpc) is 2.65. The van der Waals surface area contributed by atoms with Crippen LogP contribution in [0.25, 0.3) is 0 Å². The van der Waals surface area contributed by atoms with Crippen LogP contribution in [0.1, 0.15) is 31.9 Å². The summed E-state index contributed by atoms with van der Waals surface area (Å²) in [7, 11) is 0. The van der Waals surface area contributed by atoms with Gasteiger partial charge in [-0.15, -0.1) is 11.8 Å². The minimum absolute atomic E-state index is 0.0395. The molecule has 2 rings (SSSR count). The quantitative estimate of drug-likeness (QED) is 0.675. The summed E-state index contributed by atoms with van der Waals surface area (Å²) in [6, 6.07) is 13.5. The molecule has 28 heavy (non-hydrogen) atoms. The van der Waals surface area contributed by atoms with Crippen LogP contribution in [0.5, 0.6) is 0 Å². The van der Waals surface area contributed by atoms with Gasteiger partial charge in [-0.2, -0.15) is 0 Å². The Morgan fingerprint density at radius 1 is 1.07 bits per heavy atom. The molecule has 0 unspecified atom stereocenters. The number of thioether (sulfide) groups is 1. The third-order valence-electron chi connectivity index (χ3n) is 4.28. The Labute approximate surface area is 170 Å². The van der Waals surface area contributed by atoms with Gasteiger partial charge >= 0.3 is 0 Å². The molecular formula is C22H27FN2O2S. The Morgan fingerprint density at radius 3 is 2.32 bits per heavy atom. The van der Waals surface area contributed by atoms with Crippen LogP contribution in [0, 0.1) is 12.7 Å². The molecule has 0 bridgehead atoms. The number of rotatable bonds is 8. The lowest BCUT2D eigenvalue weighted by Crippen LogP contribution is -2.49. The van der Waals surface area contributed by atoms with Gasteiger partial charge in [0.2, 0.25) is 11.8 Å². The second-order valence-corrected chi connectivity index (χ2v) is 8.10. The van der Waals surface area contributed by atoms with E-state index in [1.807, 2.05) is 45.0 Å². The monoisotopic (exact) mass is 402 g/mol. The number of nitrogens with one attached hydrogen (secondary N) is 1. The molecule has 0 aliphatic carbocycles. The second kappa shape index (κ2) is 10.3. The highest BCUT2D eigenvalue weighted by molar-refractivity contribution is 8.00. The number of amides is 2. The van der Waals surface area contributed by atoms with E-state index in [1.54, 1.807) is 25.1 Å². The average molecular weight is 403 g/mol. The number of benzene rings is 2. The van der Waals surface area contributed by atoms with E-state index >= 15 is 0 Å². The highest BCUT2D eigenvalue weighted by atomic mass is 32.2. The lowest BCUT2D eigenvalue weighted by molar-refractivity contribution is -0.138. The van der Waals surface area contributed by atoms with Gasteiger partial charge in [-0.25, -0.2) is 4.39 Å². The first-order valence-corrected chi connectivity index (χ1v) is 10.3. The van der Waals surface area contributed by atoms with E-state index in [4.69, 9.17) is 0 Å². The van der Waals surface area contributed by atoms with Crippen LogP contribution in [0.15, 0.2) is 53.4 Å². The summed E-state index contributed by atoms with van der Waals surface area (Å²) in [5.41, 5.74) is 1.54. The summed E-state index contributed by atoms with van der Waals surface area (Å²) in [6.45, 7) is 7.45. The van der Waals surface area contributed by atoms with Crippen molar-refractivity contribution in [2.75, 3.05) is 5.75 Å². The van der Waals surface area contributed by atoms with Crippen LogP contribution < -0.4 is 5.32 Å². The molecule has 0 spiro atoms. The van der Waals surface area contributed by atoms with Crippen molar-refractivity contribution in [1.29, 1.82) is 0 Å². The Morgan fingerprint density at radius 2 is 1.71 bits per heavy atom. The van der Waals surface area contributed by atoms with Crippen LogP contribution in [0.3, 0.4) is 0 Å². The van der Waals surface area contributed by atoms with Gasteiger partial charge in [-0.1, -0.05) is 35.9 Å². The standard InChI is InChI=1S/C22H27FN2O2S/c1-15(2)24-22(27)17(4)25(13-18-7-5-6-8-20(18)23)21(26)14-28-19-11-9-16(3)10-12-19/h5-12,15,17H,13-14H2,1-4H3,(H,24,27)/t17-/m1/s1. The van der Waals surface area contributed by atoms with Crippen molar-refractivity contribution in [2.45, 2.75) is 51.2 Å². The molecule has 0 radical (unpaired) electrons. The topological polar surface area (TPSA) is 49.4 Å². The van der Waals surface area contributed by atoms with Crippen molar-refractivity contribution in [1.82, 2.24) is 10.2 Å². The number of carbonyl (C=O) groups excluding carboxylic acids is 2. The Kier molecular flexibility index (Phi) is 8.05. The predicted octanol–water partition coefficient (Wildman–Crippen LogP) is 4.17. The zero-order valence-corrected chi connectivity index (χ0v) is 17.6. The summed E-state index contributed by atoms with van der Waals surface area (Å²) in [5, 5.41) is 2.82. The maximum Gasteiger partial charge on any atom is 0.242 e. The van der Waals surface area contributed by atoms with E-state index in [0.717, 1.165) is 10.5 Å². The molecule has 2 aromatic carbocycles. The molecule has 0 heterocycles. The van der Waals surface area contributed by atoms with Gasteiger partial charge in [0.15, 0.2) is 0 Å². The molecule has 0 saturated carbocycles. The van der Waals surface area contributed by atoms with Crippen molar-refractivity contribution < 1.29 is 14.0 Å². The molecule has 1 N–H and O–H groups in total. The smallest absolute Gasteiger partial charge is 0.242 e. The van der Waals surface area contributed by atoms with E-state index < -0.39 is 6.04 Å². The SMILES string of the molecule is Cc1ccc(SCC(=O)N(Cc2ccccc2F)[C@H](C)C(=O)NC(C)C)cc1. The zero-order chi connectivity index (χ0) is 20.7. The Balaban J connectivity index is 2.15. The number of nitrogens with zero attached hydrogens (tertiary/aromatic N) is 1. The van der Waals surface area contributed by atoms with Gasteiger partial charge in [0.1, 0.15) is 11.9 Å². The molecule has 4 nitrogen and oxygen atoms in total. The van der Waals surface area contributed by atoms with Crippen molar-refractivity contribution in [3.05, 3.63) is 65.5 Å². The van der Waals surface area contributed by atoms with Gasteiger partial charge in [-0.05, 0) is 45.9 Å². The predicted molar refractivity (Wildman–Crippen MR) is 112 cm³/mol. The van der Waals surface area contributed by atoms with E-state index in [1.165, 1.54) is 22.7 Å². The first kappa shape index (κ1) is 22.0. The first-order chi connectivity index (χ1) is 13.3. The molecular weight excluding hydrogens is 375 g/mol. The lowest BCUT2D eigenvalue weighted by Gasteiger charge is -2.29. The first-order valence-electron chi connectivity index (χ1n) is 9.30. The highest BCUT2D eigenvalue weighted by Gasteiger charge is 2.27. The van der Waals surface area contributed by atoms with Crippen molar-refractivity contribution in [2.24, 2.45) is 0 Å². The van der Waals surface area contributed by atoms with Gasteiger partial charge in [0, 0.05) is 23.0 Å². The second-order valence-electron chi connectivity index (χ2n) is 7.05. The molecule has 0 aliphatic heterocycles. The molecule has 6 heteroatoms. The van der Waals surface area contributed by atoms with E-state index in [9.17, 15) is 14.0 Å². The third kappa shape index (κ3) is 6.37. The number of halogens is 1. The number of hydrogen-bond acceptors (Lipinski definition) is 3. The summed E-state index contributed by atoms with van der Waals surface area (Å²) in [4.78, 5) is 27.8. The van der Waals surface area contributed by atoms with E-state index in [-0.39, 0.29) is 36.0 Å². The molecule has 0 fully saturated rings. The van der Waals surface area contributed by atoms with Crippen LogP contribution in [-0.4, -0.2) is 34.6 Å². The third-order valence-corrected chi connectivity index (χ3v) is 5.28. The fraction of sp³-hybridized carbons (Fsp3) is 0.364. The molecule has 2 amide bonds. The maximum atomic E-state index is 14.1. The van der Waals surface area contributed by atoms with Gasteiger partial charge in [0.05, 0.1) is 5.75 Å². The van der Waals surface area contributed by atoms with E-state index in [0.29, 0.717) is 5.56 Å². The molecule has 1 atom stereocenters. The van der Waals surface area contributed by atoms with Crippen molar-refractivity contribution >= 4 is 23.6 Å². The molecule has 0 aliphatic rings. The van der Waals surface area contributed by atoms with Gasteiger partial charge in [0.25, 0.3) is 0 Å². The summed E-state index contributed by atoms with van der Waals surface area (Å²) in [5.74, 6) is -0.667.